The Bertz CT molecular complexity index is 1050. The van der Waals surface area contributed by atoms with Gasteiger partial charge in [0, 0.05) is 31.8 Å². The fourth-order valence-electron chi connectivity index (χ4n) is 3.51. The Morgan fingerprint density at radius 3 is 2.73 bits per heavy atom. The topological polar surface area (TPSA) is 108 Å². The highest BCUT2D eigenvalue weighted by atomic mass is 32.2. The van der Waals surface area contributed by atoms with Crippen LogP contribution in [-0.4, -0.2) is 48.7 Å². The minimum absolute atomic E-state index is 0.00958. The largest absolute Gasteiger partial charge is 0.354 e. The van der Waals surface area contributed by atoms with Crippen LogP contribution in [0, 0.1) is 13.8 Å². The van der Waals surface area contributed by atoms with Gasteiger partial charge in [-0.2, -0.15) is 4.31 Å². The number of carbonyl (C=O) groups is 2. The van der Waals surface area contributed by atoms with Crippen LogP contribution >= 0.6 is 11.3 Å². The smallest absolute Gasteiger partial charge is 0.245 e. The third kappa shape index (κ3) is 5.05. The number of amides is 2. The minimum atomic E-state index is -3.96. The Labute approximate surface area is 180 Å². The molecule has 1 atom stereocenters. The number of nitrogens with one attached hydrogen (secondary N) is 2. The van der Waals surface area contributed by atoms with Gasteiger partial charge in [0.1, 0.15) is 10.9 Å². The van der Waals surface area contributed by atoms with E-state index in [4.69, 9.17) is 0 Å². The maximum Gasteiger partial charge on any atom is 0.245 e. The van der Waals surface area contributed by atoms with Crippen molar-refractivity contribution >= 4 is 38.9 Å². The first-order valence-corrected chi connectivity index (χ1v) is 12.1. The van der Waals surface area contributed by atoms with Crippen molar-refractivity contribution in [3.63, 3.8) is 0 Å². The van der Waals surface area contributed by atoms with Gasteiger partial charge in [0.05, 0.1) is 16.4 Å². The Morgan fingerprint density at radius 2 is 2.07 bits per heavy atom. The average molecular weight is 451 g/mol. The van der Waals surface area contributed by atoms with Crippen LogP contribution in [0.25, 0.3) is 0 Å². The number of rotatable bonds is 7. The lowest BCUT2D eigenvalue weighted by atomic mass is 10.2. The van der Waals surface area contributed by atoms with Gasteiger partial charge in [-0.25, -0.2) is 13.4 Å². The normalized spacial score (nSPS) is 17.1. The molecule has 162 valence electrons. The minimum Gasteiger partial charge on any atom is -0.354 e. The molecule has 0 saturated carbocycles. The van der Waals surface area contributed by atoms with E-state index in [2.05, 4.69) is 15.6 Å². The molecule has 10 heteroatoms. The molecule has 30 heavy (non-hydrogen) atoms. The molecule has 1 aliphatic rings. The highest BCUT2D eigenvalue weighted by molar-refractivity contribution is 7.89. The van der Waals surface area contributed by atoms with Gasteiger partial charge in [-0.1, -0.05) is 6.07 Å². The van der Waals surface area contributed by atoms with Gasteiger partial charge in [-0.15, -0.1) is 11.3 Å². The van der Waals surface area contributed by atoms with Gasteiger partial charge in [0.15, 0.2) is 0 Å². The summed E-state index contributed by atoms with van der Waals surface area (Å²) in [6, 6.07) is 4.07. The molecule has 1 fully saturated rings. The first kappa shape index (κ1) is 22.4. The van der Waals surface area contributed by atoms with E-state index in [1.165, 1.54) is 17.3 Å². The van der Waals surface area contributed by atoms with Crippen molar-refractivity contribution in [2.24, 2.45) is 0 Å². The number of anilines is 1. The van der Waals surface area contributed by atoms with Crippen molar-refractivity contribution in [2.45, 2.75) is 51.0 Å². The summed E-state index contributed by atoms with van der Waals surface area (Å²) in [5, 5.41) is 8.34. The van der Waals surface area contributed by atoms with E-state index >= 15 is 0 Å². The van der Waals surface area contributed by atoms with E-state index in [0.717, 1.165) is 16.3 Å². The zero-order chi connectivity index (χ0) is 21.9. The van der Waals surface area contributed by atoms with Crippen LogP contribution in [0.1, 0.15) is 36.0 Å². The van der Waals surface area contributed by atoms with Gasteiger partial charge >= 0.3 is 0 Å². The number of hydrogen-bond acceptors (Lipinski definition) is 6. The van der Waals surface area contributed by atoms with Crippen molar-refractivity contribution in [2.75, 3.05) is 18.4 Å². The number of aryl methyl sites for hydroxylation is 2. The SMILES string of the molecule is CC(=O)Nc1ccc(C)cc1S(=O)(=O)N1CCC[C@@H]1C(=O)NCCc1csc(C)n1. The van der Waals surface area contributed by atoms with Crippen molar-refractivity contribution < 1.29 is 18.0 Å². The Hall–Kier alpha value is -2.30. The third-order valence-corrected chi connectivity index (χ3v) is 7.66. The number of hydrogen-bond donors (Lipinski definition) is 2. The van der Waals surface area contributed by atoms with Crippen molar-refractivity contribution in [1.29, 1.82) is 0 Å². The lowest BCUT2D eigenvalue weighted by Crippen LogP contribution is -2.46. The Balaban J connectivity index is 1.76. The highest BCUT2D eigenvalue weighted by Gasteiger charge is 2.40. The summed E-state index contributed by atoms with van der Waals surface area (Å²) in [7, 11) is -3.96. The molecule has 1 aromatic heterocycles. The second-order valence-corrected chi connectivity index (χ2v) is 10.3. The fourth-order valence-corrected chi connectivity index (χ4v) is 6.04. The van der Waals surface area contributed by atoms with Gasteiger partial charge in [0.25, 0.3) is 0 Å². The monoisotopic (exact) mass is 450 g/mol. The predicted molar refractivity (Wildman–Crippen MR) is 116 cm³/mol. The molecule has 2 N–H and O–H groups in total. The molecule has 0 radical (unpaired) electrons. The van der Waals surface area contributed by atoms with Crippen LogP contribution in [0.3, 0.4) is 0 Å². The Kier molecular flexibility index (Phi) is 6.89. The molecule has 0 bridgehead atoms. The molecule has 2 aromatic rings. The summed E-state index contributed by atoms with van der Waals surface area (Å²) in [5.41, 5.74) is 1.88. The molecule has 3 rings (SSSR count). The highest BCUT2D eigenvalue weighted by Crippen LogP contribution is 2.31. The molecule has 0 spiro atoms. The number of carbonyl (C=O) groups excluding carboxylic acids is 2. The van der Waals surface area contributed by atoms with Crippen molar-refractivity contribution in [3.8, 4) is 0 Å². The van der Waals surface area contributed by atoms with Gasteiger partial charge in [0.2, 0.25) is 21.8 Å². The van der Waals surface area contributed by atoms with Crippen LogP contribution < -0.4 is 10.6 Å². The van der Waals surface area contributed by atoms with E-state index in [-0.39, 0.29) is 28.9 Å². The van der Waals surface area contributed by atoms with E-state index in [1.807, 2.05) is 12.3 Å². The van der Waals surface area contributed by atoms with Gasteiger partial charge in [-0.3, -0.25) is 9.59 Å². The molecule has 1 aliphatic heterocycles. The number of sulfonamides is 1. The maximum atomic E-state index is 13.4. The summed E-state index contributed by atoms with van der Waals surface area (Å²) in [4.78, 5) is 28.7. The molecule has 8 nitrogen and oxygen atoms in total. The molecule has 1 saturated heterocycles. The van der Waals surface area contributed by atoms with Gasteiger partial charge < -0.3 is 10.6 Å². The molecular weight excluding hydrogens is 424 g/mol. The third-order valence-electron chi connectivity index (χ3n) is 4.89. The lowest BCUT2D eigenvalue weighted by molar-refractivity contribution is -0.124. The zero-order valence-corrected chi connectivity index (χ0v) is 18.9. The van der Waals surface area contributed by atoms with Crippen molar-refractivity contribution in [1.82, 2.24) is 14.6 Å². The first-order valence-electron chi connectivity index (χ1n) is 9.77. The standard InChI is InChI=1S/C20H26N4O4S2/c1-13-6-7-17(22-14(2)25)19(11-13)30(27,28)24-10-4-5-18(24)20(26)21-9-8-16-12-29-15(3)23-16/h6-7,11-12,18H,4-5,8-10H2,1-3H3,(H,21,26)(H,22,25)/t18-/m1/s1. The summed E-state index contributed by atoms with van der Waals surface area (Å²) in [6.07, 6.45) is 1.66. The summed E-state index contributed by atoms with van der Waals surface area (Å²) in [6.45, 7) is 5.69. The molecule has 0 aliphatic carbocycles. The second kappa shape index (κ2) is 9.23. The molecule has 0 unspecified atom stereocenters. The fraction of sp³-hybridized carbons (Fsp3) is 0.450. The van der Waals surface area contributed by atoms with Crippen LogP contribution in [-0.2, 0) is 26.0 Å². The average Bonchev–Trinajstić information content (AvgIpc) is 3.32. The van der Waals surface area contributed by atoms with Gasteiger partial charge in [-0.05, 0) is 44.4 Å². The first-order chi connectivity index (χ1) is 14.2. The van der Waals surface area contributed by atoms with E-state index < -0.39 is 16.1 Å². The van der Waals surface area contributed by atoms with Crippen LogP contribution in [0.15, 0.2) is 28.5 Å². The maximum absolute atomic E-state index is 13.4. The van der Waals surface area contributed by atoms with Crippen molar-refractivity contribution in [3.05, 3.63) is 39.8 Å². The molecular formula is C20H26N4O4S2. The van der Waals surface area contributed by atoms with E-state index in [0.29, 0.717) is 25.8 Å². The quantitative estimate of drug-likeness (QED) is 0.672. The summed E-state index contributed by atoms with van der Waals surface area (Å²) in [5.74, 6) is -0.667. The van der Waals surface area contributed by atoms with E-state index in [1.54, 1.807) is 30.4 Å². The Morgan fingerprint density at radius 1 is 1.30 bits per heavy atom. The summed E-state index contributed by atoms with van der Waals surface area (Å²) >= 11 is 1.56. The zero-order valence-electron chi connectivity index (χ0n) is 17.3. The predicted octanol–water partition coefficient (Wildman–Crippen LogP) is 2.23. The van der Waals surface area contributed by atoms with Crippen LogP contribution in [0.4, 0.5) is 5.69 Å². The number of aromatic nitrogens is 1. The second-order valence-electron chi connectivity index (χ2n) is 7.35. The number of benzene rings is 1. The van der Waals surface area contributed by atoms with E-state index in [9.17, 15) is 18.0 Å². The number of nitrogens with zero attached hydrogens (tertiary/aromatic N) is 2. The van der Waals surface area contributed by atoms with Crippen LogP contribution in [0.5, 0.6) is 0 Å². The molecule has 1 aromatic carbocycles. The number of thiazole rings is 1. The lowest BCUT2D eigenvalue weighted by Gasteiger charge is -2.24. The molecule has 2 amide bonds. The van der Waals surface area contributed by atoms with Crippen LogP contribution in [0.2, 0.25) is 0 Å². The summed E-state index contributed by atoms with van der Waals surface area (Å²) < 4.78 is 28.0. The molecule has 2 heterocycles.